The van der Waals surface area contributed by atoms with Crippen LogP contribution >= 0.6 is 27.5 Å². The van der Waals surface area contributed by atoms with Gasteiger partial charge in [0.1, 0.15) is 0 Å². The van der Waals surface area contributed by atoms with Crippen molar-refractivity contribution in [2.45, 2.75) is 25.6 Å². The number of hydrogen-bond donors (Lipinski definition) is 1. The van der Waals surface area contributed by atoms with Crippen molar-refractivity contribution in [2.24, 2.45) is 5.73 Å². The minimum Gasteiger partial charge on any atom is -0.374 e. The highest BCUT2D eigenvalue weighted by Gasteiger charge is 2.23. The maximum absolute atomic E-state index is 5.94. The molecule has 2 atom stereocenters. The van der Waals surface area contributed by atoms with Gasteiger partial charge in [0, 0.05) is 35.2 Å². The van der Waals surface area contributed by atoms with Gasteiger partial charge < -0.3 is 10.5 Å². The molecule has 0 radical (unpaired) electrons. The second-order valence-electron chi connectivity index (χ2n) is 4.74. The normalized spacial score (nSPS) is 23.0. The number of rotatable bonds is 3. The number of benzene rings is 1. The summed E-state index contributed by atoms with van der Waals surface area (Å²) in [5.74, 6) is 0. The molecule has 1 aliphatic heterocycles. The lowest BCUT2D eigenvalue weighted by atomic mass is 10.1. The van der Waals surface area contributed by atoms with E-state index in [1.54, 1.807) is 0 Å². The second-order valence-corrected chi connectivity index (χ2v) is 6.03. The Morgan fingerprint density at radius 2 is 2.39 bits per heavy atom. The molecular weight excluding hydrogens is 316 g/mol. The van der Waals surface area contributed by atoms with E-state index in [0.717, 1.165) is 35.7 Å². The fraction of sp³-hybridized carbons (Fsp3) is 0.538. The van der Waals surface area contributed by atoms with E-state index in [9.17, 15) is 0 Å². The first-order valence-electron chi connectivity index (χ1n) is 6.09. The monoisotopic (exact) mass is 332 g/mol. The first-order chi connectivity index (χ1) is 8.56. The van der Waals surface area contributed by atoms with Crippen molar-refractivity contribution in [3.8, 4) is 0 Å². The van der Waals surface area contributed by atoms with Gasteiger partial charge in [-0.1, -0.05) is 33.6 Å². The number of nitrogens with two attached hydrogens (primary N) is 1. The molecule has 1 fully saturated rings. The lowest BCUT2D eigenvalue weighted by Crippen LogP contribution is -2.49. The number of halogens is 2. The summed E-state index contributed by atoms with van der Waals surface area (Å²) in [6, 6.07) is 5.98. The summed E-state index contributed by atoms with van der Waals surface area (Å²) >= 11 is 9.50. The van der Waals surface area contributed by atoms with Crippen molar-refractivity contribution >= 4 is 27.5 Å². The lowest BCUT2D eigenvalue weighted by molar-refractivity contribution is -0.0404. The Kier molecular flexibility index (Phi) is 5.04. The molecular formula is C13H18BrClN2O. The molecule has 1 heterocycles. The number of morpholine rings is 1. The summed E-state index contributed by atoms with van der Waals surface area (Å²) in [5.41, 5.74) is 7.13. The zero-order valence-electron chi connectivity index (χ0n) is 10.4. The smallest absolute Gasteiger partial charge is 0.0850 e. The van der Waals surface area contributed by atoms with Crippen LogP contribution in [0.3, 0.4) is 0 Å². The topological polar surface area (TPSA) is 38.5 Å². The minimum atomic E-state index is 0.0708. The van der Waals surface area contributed by atoms with Crippen LogP contribution in [-0.4, -0.2) is 36.7 Å². The van der Waals surface area contributed by atoms with Crippen LogP contribution in [0.5, 0.6) is 0 Å². The molecule has 1 aliphatic rings. The average molecular weight is 334 g/mol. The standard InChI is InChI=1S/C13H18BrClN2O/c1-9(16)13-8-17(4-5-18-13)7-10-2-3-11(15)6-12(10)14/h2-3,6,9,13H,4-5,7-8,16H2,1H3. The lowest BCUT2D eigenvalue weighted by Gasteiger charge is -2.34. The molecule has 2 rings (SSSR count). The first-order valence-corrected chi connectivity index (χ1v) is 7.27. The molecule has 0 spiro atoms. The summed E-state index contributed by atoms with van der Waals surface area (Å²) in [6.45, 7) is 5.46. The van der Waals surface area contributed by atoms with Gasteiger partial charge in [-0.05, 0) is 24.6 Å². The Labute approximate surface area is 121 Å². The van der Waals surface area contributed by atoms with Gasteiger partial charge in [0.15, 0.2) is 0 Å². The molecule has 0 bridgehead atoms. The van der Waals surface area contributed by atoms with Crippen LogP contribution in [0.15, 0.2) is 22.7 Å². The van der Waals surface area contributed by atoms with E-state index in [2.05, 4.69) is 26.9 Å². The van der Waals surface area contributed by atoms with E-state index in [4.69, 9.17) is 22.1 Å². The van der Waals surface area contributed by atoms with E-state index in [1.165, 1.54) is 5.56 Å². The van der Waals surface area contributed by atoms with Crippen LogP contribution in [0.1, 0.15) is 12.5 Å². The molecule has 1 saturated heterocycles. The van der Waals surface area contributed by atoms with Crippen molar-refractivity contribution < 1.29 is 4.74 Å². The minimum absolute atomic E-state index is 0.0708. The molecule has 0 amide bonds. The van der Waals surface area contributed by atoms with E-state index in [1.807, 2.05) is 19.1 Å². The molecule has 1 aromatic rings. The van der Waals surface area contributed by atoms with Crippen LogP contribution in [-0.2, 0) is 11.3 Å². The van der Waals surface area contributed by atoms with Crippen LogP contribution in [0.2, 0.25) is 5.02 Å². The van der Waals surface area contributed by atoms with E-state index in [-0.39, 0.29) is 12.1 Å². The molecule has 2 N–H and O–H groups in total. The van der Waals surface area contributed by atoms with Crippen molar-refractivity contribution in [3.05, 3.63) is 33.3 Å². The Hall–Kier alpha value is -0.130. The second kappa shape index (κ2) is 6.35. The van der Waals surface area contributed by atoms with Crippen LogP contribution in [0, 0.1) is 0 Å². The van der Waals surface area contributed by atoms with Gasteiger partial charge in [0.2, 0.25) is 0 Å². The fourth-order valence-electron chi connectivity index (χ4n) is 2.08. The van der Waals surface area contributed by atoms with Gasteiger partial charge in [-0.25, -0.2) is 0 Å². The summed E-state index contributed by atoms with van der Waals surface area (Å²) in [5, 5.41) is 0.751. The first kappa shape index (κ1) is 14.3. The zero-order valence-corrected chi connectivity index (χ0v) is 12.7. The molecule has 1 aromatic carbocycles. The Balaban J connectivity index is 2.00. The quantitative estimate of drug-likeness (QED) is 0.924. The summed E-state index contributed by atoms with van der Waals surface area (Å²) in [4.78, 5) is 2.37. The highest BCUT2D eigenvalue weighted by Crippen LogP contribution is 2.23. The third-order valence-electron chi connectivity index (χ3n) is 3.17. The predicted molar refractivity (Wildman–Crippen MR) is 77.8 cm³/mol. The van der Waals surface area contributed by atoms with Gasteiger partial charge in [-0.3, -0.25) is 4.90 Å². The van der Waals surface area contributed by atoms with Gasteiger partial charge in [0.25, 0.3) is 0 Å². The maximum Gasteiger partial charge on any atom is 0.0850 e. The summed E-state index contributed by atoms with van der Waals surface area (Å²) < 4.78 is 6.71. The highest BCUT2D eigenvalue weighted by molar-refractivity contribution is 9.10. The SMILES string of the molecule is CC(N)C1CN(Cc2ccc(Cl)cc2Br)CCO1. The molecule has 3 nitrogen and oxygen atoms in total. The maximum atomic E-state index is 5.94. The van der Waals surface area contributed by atoms with Gasteiger partial charge in [-0.2, -0.15) is 0 Å². The third kappa shape index (κ3) is 3.68. The Morgan fingerprint density at radius 1 is 1.61 bits per heavy atom. The molecule has 5 heteroatoms. The average Bonchev–Trinajstić information content (AvgIpc) is 2.33. The fourth-order valence-corrected chi connectivity index (χ4v) is 2.89. The molecule has 0 aliphatic carbocycles. The Morgan fingerprint density at radius 3 is 3.06 bits per heavy atom. The van der Waals surface area contributed by atoms with Gasteiger partial charge in [0.05, 0.1) is 12.7 Å². The van der Waals surface area contributed by atoms with Gasteiger partial charge >= 0.3 is 0 Å². The Bertz CT molecular complexity index is 414. The van der Waals surface area contributed by atoms with E-state index < -0.39 is 0 Å². The molecule has 0 saturated carbocycles. The van der Waals surface area contributed by atoms with Crippen molar-refractivity contribution in [3.63, 3.8) is 0 Å². The third-order valence-corrected chi connectivity index (χ3v) is 4.15. The van der Waals surface area contributed by atoms with Crippen molar-refractivity contribution in [1.29, 1.82) is 0 Å². The number of ether oxygens (including phenoxy) is 1. The zero-order chi connectivity index (χ0) is 13.1. The largest absolute Gasteiger partial charge is 0.374 e. The molecule has 100 valence electrons. The van der Waals surface area contributed by atoms with E-state index >= 15 is 0 Å². The predicted octanol–water partition coefficient (Wildman–Crippen LogP) is 2.65. The molecule has 18 heavy (non-hydrogen) atoms. The van der Waals surface area contributed by atoms with Crippen molar-refractivity contribution in [1.82, 2.24) is 4.90 Å². The summed E-state index contributed by atoms with van der Waals surface area (Å²) in [6.07, 6.45) is 0.129. The van der Waals surface area contributed by atoms with Crippen LogP contribution in [0.25, 0.3) is 0 Å². The highest BCUT2D eigenvalue weighted by atomic mass is 79.9. The van der Waals surface area contributed by atoms with Crippen molar-refractivity contribution in [2.75, 3.05) is 19.7 Å². The molecule has 2 unspecified atom stereocenters. The number of hydrogen-bond acceptors (Lipinski definition) is 3. The van der Waals surface area contributed by atoms with Gasteiger partial charge in [-0.15, -0.1) is 0 Å². The molecule has 0 aromatic heterocycles. The number of nitrogens with zero attached hydrogens (tertiary/aromatic N) is 1. The van der Waals surface area contributed by atoms with Crippen LogP contribution in [0.4, 0.5) is 0 Å². The summed E-state index contributed by atoms with van der Waals surface area (Å²) in [7, 11) is 0. The van der Waals surface area contributed by atoms with Crippen LogP contribution < -0.4 is 5.73 Å². The van der Waals surface area contributed by atoms with E-state index in [0.29, 0.717) is 0 Å².